The largest absolute Gasteiger partial charge is 0.455 e. The van der Waals surface area contributed by atoms with E-state index in [9.17, 15) is 44.9 Å². The van der Waals surface area contributed by atoms with Crippen LogP contribution in [-0.4, -0.2) is 105 Å². The van der Waals surface area contributed by atoms with E-state index < -0.39 is 53.2 Å². The number of fused-ring (bicyclic) bond motifs is 1. The van der Waals surface area contributed by atoms with Crippen molar-refractivity contribution >= 4 is 71.2 Å². The maximum Gasteiger partial charge on any atom is 0.416 e. The molecular formula is C47H52ClF3N8O8S2. The fourth-order valence-electron chi connectivity index (χ4n) is 9.21. The molecule has 0 bridgehead atoms. The number of piperidine rings is 1. The molecule has 2 fully saturated rings. The third kappa shape index (κ3) is 11.7. The monoisotopic (exact) mass is 1010 g/mol. The van der Waals surface area contributed by atoms with Crippen molar-refractivity contribution in [1.29, 1.82) is 0 Å². The molecule has 3 N–H and O–H groups in total. The summed E-state index contributed by atoms with van der Waals surface area (Å²) in [5, 5.41) is 16.0. The molecule has 69 heavy (non-hydrogen) atoms. The van der Waals surface area contributed by atoms with Gasteiger partial charge in [-0.15, -0.1) is 0 Å². The number of ether oxygens (including phenoxy) is 1. The third-order valence-corrected chi connectivity index (χ3v) is 15.9. The highest BCUT2D eigenvalue weighted by Gasteiger charge is 2.34. The number of piperazine rings is 1. The fourth-order valence-corrected chi connectivity index (χ4v) is 11.4. The highest BCUT2D eigenvalue weighted by Crippen LogP contribution is 2.46. The number of anilines is 2. The first kappa shape index (κ1) is 49.7. The number of hydrogen-bond donors (Lipinski definition) is 3. The molecule has 3 aliphatic rings. The summed E-state index contributed by atoms with van der Waals surface area (Å²) in [6, 6.07) is 15.1. The van der Waals surface area contributed by atoms with Crippen molar-refractivity contribution in [2.45, 2.75) is 57.0 Å². The van der Waals surface area contributed by atoms with Gasteiger partial charge >= 0.3 is 6.18 Å². The molecule has 4 heterocycles. The van der Waals surface area contributed by atoms with Gasteiger partial charge in [0.05, 0.1) is 33.4 Å². The number of carbonyl (C=O) groups excluding carboxylic acids is 1. The molecule has 0 unspecified atom stereocenters. The Labute approximate surface area is 403 Å². The van der Waals surface area contributed by atoms with Crippen LogP contribution in [0.5, 0.6) is 11.5 Å². The van der Waals surface area contributed by atoms with E-state index in [-0.39, 0.29) is 52.2 Å². The number of amides is 1. The van der Waals surface area contributed by atoms with Gasteiger partial charge in [0.2, 0.25) is 10.0 Å². The number of aromatic amines is 1. The normalized spacial score (nSPS) is 18.6. The van der Waals surface area contributed by atoms with Gasteiger partial charge in [-0.05, 0) is 103 Å². The minimum atomic E-state index is -4.69. The quantitative estimate of drug-likeness (QED) is 0.0706. The molecule has 368 valence electrons. The molecular weight excluding hydrogens is 961 g/mol. The van der Waals surface area contributed by atoms with Crippen LogP contribution in [0.1, 0.15) is 67.4 Å². The Morgan fingerprint density at radius 1 is 1.01 bits per heavy atom. The van der Waals surface area contributed by atoms with Crippen LogP contribution in [0.3, 0.4) is 0 Å². The van der Waals surface area contributed by atoms with Gasteiger partial charge in [0, 0.05) is 86.8 Å². The summed E-state index contributed by atoms with van der Waals surface area (Å²) in [4.78, 5) is 36.7. The number of nitrogens with zero attached hydrogens (tertiary/aromatic N) is 5. The number of halogens is 4. The number of pyridine rings is 1. The minimum absolute atomic E-state index is 0.0232. The van der Waals surface area contributed by atoms with E-state index in [4.69, 9.17) is 16.3 Å². The lowest BCUT2D eigenvalue weighted by atomic mass is 9.72. The van der Waals surface area contributed by atoms with Crippen molar-refractivity contribution in [3.8, 4) is 11.5 Å². The lowest BCUT2D eigenvalue weighted by molar-refractivity contribution is -0.384. The average Bonchev–Trinajstić information content (AvgIpc) is 3.76. The molecule has 1 aliphatic carbocycles. The molecule has 2 aliphatic heterocycles. The second-order valence-corrected chi connectivity index (χ2v) is 22.7. The Morgan fingerprint density at radius 3 is 2.49 bits per heavy atom. The van der Waals surface area contributed by atoms with Gasteiger partial charge in [-0.1, -0.05) is 37.1 Å². The molecule has 1 atom stereocenters. The lowest BCUT2D eigenvalue weighted by Gasteiger charge is -2.39. The lowest BCUT2D eigenvalue weighted by Crippen LogP contribution is -2.47. The fraction of sp³-hybridized carbons (Fsp3) is 0.404. The van der Waals surface area contributed by atoms with E-state index in [1.165, 1.54) is 28.7 Å². The van der Waals surface area contributed by atoms with Gasteiger partial charge < -0.3 is 19.9 Å². The van der Waals surface area contributed by atoms with Crippen LogP contribution < -0.4 is 19.7 Å². The molecule has 0 radical (unpaired) electrons. The molecule has 1 amide bonds. The van der Waals surface area contributed by atoms with Crippen molar-refractivity contribution < 1.29 is 44.5 Å². The standard InChI is InChI=1S/C47H52ClF3N8O8S2/c1-46(2)14-12-32(39(25-46)37-9-6-33(22-40(37)48)47(49,50)51)29-56-17-19-57(20-18-56)34-7-10-38(43(23-34)67-35-21-31-13-15-52-44(31)54-27-35)45(60)55-69(65,66)36-8-11-41(42(24-36)59(61)62)53-26-30-5-4-16-58(28-30)68(3,63)64/h6-11,13,15,21-24,27,30,53H,4-5,12,14,16-20,25-26,28-29H2,1-3H3,(H,52,54)(H,55,60)/t30-/m0/s1. The van der Waals surface area contributed by atoms with Gasteiger partial charge in [0.25, 0.3) is 21.6 Å². The molecule has 2 aromatic heterocycles. The third-order valence-electron chi connectivity index (χ3n) is 13.0. The van der Waals surface area contributed by atoms with E-state index in [1.807, 2.05) is 4.72 Å². The van der Waals surface area contributed by atoms with Crippen LogP contribution in [0.4, 0.5) is 30.2 Å². The van der Waals surface area contributed by atoms with Crippen molar-refractivity contribution in [1.82, 2.24) is 23.9 Å². The van der Waals surface area contributed by atoms with Gasteiger partial charge in [-0.3, -0.25) is 19.8 Å². The summed E-state index contributed by atoms with van der Waals surface area (Å²) in [5.41, 5.74) is 2.50. The molecule has 0 saturated carbocycles. The number of nitro benzene ring substituents is 1. The molecule has 0 spiro atoms. The smallest absolute Gasteiger partial charge is 0.416 e. The van der Waals surface area contributed by atoms with Crippen LogP contribution >= 0.6 is 11.6 Å². The Balaban J connectivity index is 0.996. The number of alkyl halides is 3. The number of nitro groups is 1. The van der Waals surface area contributed by atoms with E-state index in [0.717, 1.165) is 59.9 Å². The topological polar surface area (TPSA) is 200 Å². The number of allylic oxidation sites excluding steroid dienone is 1. The molecule has 5 aromatic rings. The van der Waals surface area contributed by atoms with Gasteiger partial charge in [-0.25, -0.2) is 30.8 Å². The summed E-state index contributed by atoms with van der Waals surface area (Å²) in [6.07, 6.45) is 3.47. The predicted molar refractivity (Wildman–Crippen MR) is 258 cm³/mol. The van der Waals surface area contributed by atoms with Crippen molar-refractivity contribution in [3.05, 3.63) is 117 Å². The predicted octanol–water partition coefficient (Wildman–Crippen LogP) is 8.92. The number of benzene rings is 3. The van der Waals surface area contributed by atoms with Crippen molar-refractivity contribution in [2.24, 2.45) is 11.3 Å². The Kier molecular flexibility index (Phi) is 14.1. The summed E-state index contributed by atoms with van der Waals surface area (Å²) in [5.74, 6) is -0.899. The zero-order chi connectivity index (χ0) is 49.5. The maximum atomic E-state index is 14.0. The van der Waals surface area contributed by atoms with Crippen LogP contribution in [0, 0.1) is 21.4 Å². The zero-order valence-electron chi connectivity index (χ0n) is 38.1. The first-order valence-electron chi connectivity index (χ1n) is 22.4. The number of nitrogens with one attached hydrogen (secondary N) is 3. The molecule has 2 saturated heterocycles. The number of hydrogen-bond acceptors (Lipinski definition) is 12. The van der Waals surface area contributed by atoms with Gasteiger partial charge in [0.1, 0.15) is 22.8 Å². The van der Waals surface area contributed by atoms with Gasteiger partial charge in [0.15, 0.2) is 0 Å². The maximum absolute atomic E-state index is 14.0. The van der Waals surface area contributed by atoms with Gasteiger partial charge in [-0.2, -0.15) is 13.2 Å². The highest BCUT2D eigenvalue weighted by molar-refractivity contribution is 7.90. The van der Waals surface area contributed by atoms with E-state index >= 15 is 0 Å². The highest BCUT2D eigenvalue weighted by atomic mass is 35.5. The second kappa shape index (κ2) is 19.6. The first-order chi connectivity index (χ1) is 32.5. The Bertz CT molecular complexity index is 3050. The SMILES string of the molecule is CC1(C)CCC(CN2CCN(c3ccc(C(=O)NS(=O)(=O)c4ccc(NC[C@@H]5CCCN(S(C)(=O)=O)C5)c([N+](=O)[O-])c4)c(Oc4cnc5[nH]ccc5c4)c3)CC2)=C(c2ccc(C(F)(F)F)cc2Cl)C1. The molecule has 3 aromatic carbocycles. The van der Waals surface area contributed by atoms with Crippen LogP contribution in [0.25, 0.3) is 16.6 Å². The number of sulfonamides is 2. The Morgan fingerprint density at radius 2 is 1.78 bits per heavy atom. The van der Waals surface area contributed by atoms with Crippen LogP contribution in [0.2, 0.25) is 5.02 Å². The number of aromatic nitrogens is 2. The Hall–Kier alpha value is -5.74. The number of H-pyrrole nitrogens is 1. The summed E-state index contributed by atoms with van der Waals surface area (Å²) >= 11 is 6.53. The average molecular weight is 1010 g/mol. The van der Waals surface area contributed by atoms with Crippen LogP contribution in [0.15, 0.2) is 89.6 Å². The first-order valence-corrected chi connectivity index (χ1v) is 26.1. The molecule has 16 nitrogen and oxygen atoms in total. The van der Waals surface area contributed by atoms with E-state index in [2.05, 4.69) is 38.9 Å². The summed E-state index contributed by atoms with van der Waals surface area (Å²) in [6.45, 7) is 8.14. The van der Waals surface area contributed by atoms with Crippen molar-refractivity contribution in [3.63, 3.8) is 0 Å². The van der Waals surface area contributed by atoms with E-state index in [0.29, 0.717) is 75.4 Å². The number of carbonyl (C=O) groups is 1. The van der Waals surface area contributed by atoms with E-state index in [1.54, 1.807) is 30.5 Å². The number of rotatable bonds is 14. The summed E-state index contributed by atoms with van der Waals surface area (Å²) in [7, 11) is -8.10. The zero-order valence-corrected chi connectivity index (χ0v) is 40.5. The summed E-state index contributed by atoms with van der Waals surface area (Å²) < 4.78 is 102. The second-order valence-electron chi connectivity index (χ2n) is 18.6. The minimum Gasteiger partial charge on any atom is -0.455 e. The van der Waals surface area contributed by atoms with Crippen molar-refractivity contribution in [2.75, 3.05) is 68.8 Å². The molecule has 22 heteroatoms. The molecule has 8 rings (SSSR count). The van der Waals surface area contributed by atoms with Crippen LogP contribution in [-0.2, 0) is 26.2 Å².